The molecule has 3 aromatic heterocycles. The molecule has 1 aromatic carbocycles. The second kappa shape index (κ2) is 5.33. The lowest BCUT2D eigenvalue weighted by Gasteiger charge is -2.11. The summed E-state index contributed by atoms with van der Waals surface area (Å²) in [6.07, 6.45) is 5.10. The van der Waals surface area contributed by atoms with Gasteiger partial charge < -0.3 is 5.32 Å². The molecule has 0 fully saturated rings. The van der Waals surface area contributed by atoms with Crippen LogP contribution in [0.2, 0.25) is 0 Å². The van der Waals surface area contributed by atoms with Crippen LogP contribution in [0.25, 0.3) is 17.1 Å². The number of aromatic nitrogens is 6. The van der Waals surface area contributed by atoms with E-state index in [0.717, 1.165) is 9.26 Å². The van der Waals surface area contributed by atoms with Crippen molar-refractivity contribution >= 4 is 45.4 Å². The highest BCUT2D eigenvalue weighted by Gasteiger charge is 2.15. The highest BCUT2D eigenvalue weighted by Crippen LogP contribution is 2.25. The minimum Gasteiger partial charge on any atom is -0.336 e. The Balaban J connectivity index is 1.88. The van der Waals surface area contributed by atoms with Gasteiger partial charge in [-0.1, -0.05) is 12.1 Å². The Labute approximate surface area is 137 Å². The maximum Gasteiger partial charge on any atom is 0.245 e. The third-order valence-electron chi connectivity index (χ3n) is 2.97. The van der Waals surface area contributed by atoms with Crippen LogP contribution in [0, 0.1) is 3.57 Å². The van der Waals surface area contributed by atoms with Crippen molar-refractivity contribution in [2.75, 3.05) is 5.32 Å². The normalized spacial score (nSPS) is 11.0. The molecule has 0 radical (unpaired) electrons. The van der Waals surface area contributed by atoms with Crippen molar-refractivity contribution in [2.24, 2.45) is 0 Å². The number of fused-ring (bicyclic) bond motifs is 1. The molecule has 0 aliphatic rings. The van der Waals surface area contributed by atoms with Gasteiger partial charge in [-0.25, -0.2) is 19.6 Å². The van der Waals surface area contributed by atoms with Crippen molar-refractivity contribution in [1.82, 2.24) is 29.8 Å². The van der Waals surface area contributed by atoms with Gasteiger partial charge in [0.1, 0.15) is 6.33 Å². The first kappa shape index (κ1) is 13.1. The maximum absolute atomic E-state index is 4.69. The van der Waals surface area contributed by atoms with Gasteiger partial charge in [0.2, 0.25) is 11.3 Å². The zero-order chi connectivity index (χ0) is 14.9. The molecule has 4 aromatic rings. The molecule has 22 heavy (non-hydrogen) atoms. The number of hydrogen-bond acceptors (Lipinski definition) is 7. The van der Waals surface area contributed by atoms with Crippen LogP contribution in [-0.4, -0.2) is 29.8 Å². The predicted octanol–water partition coefficient (Wildman–Crippen LogP) is 2.55. The van der Waals surface area contributed by atoms with Crippen LogP contribution in [0.4, 0.5) is 11.5 Å². The Kier molecular flexibility index (Phi) is 3.18. The molecule has 1 N–H and O–H groups in total. The number of para-hydroxylation sites is 1. The lowest BCUT2D eigenvalue weighted by atomic mass is 10.3. The van der Waals surface area contributed by atoms with Gasteiger partial charge in [-0.15, -0.1) is 0 Å². The summed E-state index contributed by atoms with van der Waals surface area (Å²) < 4.78 is 7.50. The van der Waals surface area contributed by atoms with Crippen LogP contribution in [0.5, 0.6) is 0 Å². The van der Waals surface area contributed by atoms with Crippen molar-refractivity contribution in [3.8, 4) is 5.82 Å². The fourth-order valence-electron chi connectivity index (χ4n) is 1.97. The van der Waals surface area contributed by atoms with Crippen molar-refractivity contribution in [3.63, 3.8) is 0 Å². The Bertz CT molecular complexity index is 935. The molecule has 0 aliphatic heterocycles. The van der Waals surface area contributed by atoms with E-state index in [0.29, 0.717) is 22.9 Å². The van der Waals surface area contributed by atoms with Gasteiger partial charge in [-0.3, -0.25) is 4.57 Å². The summed E-state index contributed by atoms with van der Waals surface area (Å²) in [6, 6.07) is 7.89. The molecule has 0 atom stereocenters. The number of imidazole rings is 1. The molecule has 0 unspecified atom stereocenters. The summed E-state index contributed by atoms with van der Waals surface area (Å²) in [5.41, 5.74) is 1.61. The average Bonchev–Trinajstić information content (AvgIpc) is 3.19. The zero-order valence-electron chi connectivity index (χ0n) is 11.0. The van der Waals surface area contributed by atoms with Gasteiger partial charge >= 0.3 is 0 Å². The van der Waals surface area contributed by atoms with Gasteiger partial charge in [0.05, 0.1) is 5.69 Å². The molecule has 8 nitrogen and oxygen atoms in total. The number of halogens is 1. The van der Waals surface area contributed by atoms with E-state index in [1.807, 2.05) is 24.3 Å². The number of benzene rings is 1. The maximum atomic E-state index is 4.69. The van der Waals surface area contributed by atoms with E-state index in [2.05, 4.69) is 57.8 Å². The Hall–Kier alpha value is -2.56. The lowest BCUT2D eigenvalue weighted by molar-refractivity contribution is 0.314. The summed E-state index contributed by atoms with van der Waals surface area (Å²) in [7, 11) is 0. The molecule has 0 aliphatic carbocycles. The quantitative estimate of drug-likeness (QED) is 0.524. The van der Waals surface area contributed by atoms with E-state index in [1.165, 1.54) is 0 Å². The summed E-state index contributed by atoms with van der Waals surface area (Å²) in [5, 5.41) is 10.7. The van der Waals surface area contributed by atoms with E-state index in [4.69, 9.17) is 0 Å². The Morgan fingerprint density at radius 1 is 1.09 bits per heavy atom. The summed E-state index contributed by atoms with van der Waals surface area (Å²) >= 11 is 2.25. The fraction of sp³-hybridized carbons (Fsp3) is 0. The fourth-order valence-corrected chi connectivity index (χ4v) is 2.49. The summed E-state index contributed by atoms with van der Waals surface area (Å²) in [5.74, 6) is 1.12. The van der Waals surface area contributed by atoms with Gasteiger partial charge in [-0.2, -0.15) is 0 Å². The number of nitrogens with one attached hydrogen (secondary N) is 1. The largest absolute Gasteiger partial charge is 0.336 e. The van der Waals surface area contributed by atoms with Crippen LogP contribution in [0.3, 0.4) is 0 Å². The molecule has 4 rings (SSSR count). The number of nitrogens with zero attached hydrogens (tertiary/aromatic N) is 6. The molecule has 108 valence electrons. The van der Waals surface area contributed by atoms with E-state index < -0.39 is 0 Å². The molecule has 9 heteroatoms. The molecule has 0 saturated carbocycles. The number of anilines is 2. The summed E-state index contributed by atoms with van der Waals surface area (Å²) in [6.45, 7) is 0. The molecule has 0 bridgehead atoms. The smallest absolute Gasteiger partial charge is 0.245 e. The molecular formula is C13H8IN7O. The topological polar surface area (TPSA) is 94.5 Å². The van der Waals surface area contributed by atoms with Crippen LogP contribution in [-0.2, 0) is 0 Å². The molecule has 0 spiro atoms. The van der Waals surface area contributed by atoms with Crippen LogP contribution in [0.1, 0.15) is 0 Å². The second-order valence-corrected chi connectivity index (χ2v) is 5.54. The van der Waals surface area contributed by atoms with Crippen molar-refractivity contribution in [3.05, 3.63) is 46.6 Å². The third kappa shape index (κ3) is 2.28. The Morgan fingerprint density at radius 2 is 1.91 bits per heavy atom. The van der Waals surface area contributed by atoms with Gasteiger partial charge in [0, 0.05) is 16.0 Å². The van der Waals surface area contributed by atoms with Crippen LogP contribution in [0.15, 0.2) is 47.6 Å². The van der Waals surface area contributed by atoms with Crippen LogP contribution < -0.4 is 5.32 Å². The minimum atomic E-state index is 0.344. The van der Waals surface area contributed by atoms with Crippen molar-refractivity contribution in [1.29, 1.82) is 0 Å². The molecular weight excluding hydrogens is 397 g/mol. The first-order valence-corrected chi connectivity index (χ1v) is 7.39. The summed E-state index contributed by atoms with van der Waals surface area (Å²) in [4.78, 5) is 12.9. The lowest BCUT2D eigenvalue weighted by Crippen LogP contribution is -2.05. The van der Waals surface area contributed by atoms with Crippen molar-refractivity contribution < 1.29 is 4.63 Å². The molecule has 0 amide bonds. The van der Waals surface area contributed by atoms with Crippen molar-refractivity contribution in [2.45, 2.75) is 0 Å². The minimum absolute atomic E-state index is 0.344. The standard InChI is InChI=1S/C13H8IN7O/c14-8-3-1-2-4-9(8)16-12-13(21-6-5-15-7-21)18-11-10(17-12)19-22-20-11/h1-7H,(H,16,17,19). The number of hydrogen-bond donors (Lipinski definition) is 1. The third-order valence-corrected chi connectivity index (χ3v) is 3.91. The van der Waals surface area contributed by atoms with E-state index in [1.54, 1.807) is 23.3 Å². The van der Waals surface area contributed by atoms with E-state index in [-0.39, 0.29) is 0 Å². The molecule has 3 heterocycles. The SMILES string of the molecule is Ic1ccccc1Nc1nc2nonc2nc1-n1ccnc1. The predicted molar refractivity (Wildman–Crippen MR) is 87.0 cm³/mol. The highest BCUT2D eigenvalue weighted by molar-refractivity contribution is 14.1. The monoisotopic (exact) mass is 405 g/mol. The zero-order valence-corrected chi connectivity index (χ0v) is 13.2. The number of rotatable bonds is 3. The van der Waals surface area contributed by atoms with Crippen LogP contribution >= 0.6 is 22.6 Å². The Morgan fingerprint density at radius 3 is 2.68 bits per heavy atom. The first-order valence-electron chi connectivity index (χ1n) is 6.31. The van der Waals surface area contributed by atoms with Gasteiger partial charge in [0.15, 0.2) is 11.6 Å². The first-order chi connectivity index (χ1) is 10.8. The second-order valence-electron chi connectivity index (χ2n) is 4.38. The van der Waals surface area contributed by atoms with E-state index in [9.17, 15) is 0 Å². The van der Waals surface area contributed by atoms with E-state index >= 15 is 0 Å². The highest BCUT2D eigenvalue weighted by atomic mass is 127. The average molecular weight is 405 g/mol. The van der Waals surface area contributed by atoms with Gasteiger partial charge in [0.25, 0.3) is 0 Å². The molecule has 0 saturated heterocycles. The van der Waals surface area contributed by atoms with Gasteiger partial charge in [-0.05, 0) is 45.0 Å².